The molecule has 5 nitrogen and oxygen atoms in total. The average molecular weight is 287 g/mol. The molecule has 0 aliphatic rings. The summed E-state index contributed by atoms with van der Waals surface area (Å²) in [5.74, 6) is -1.49. The second-order valence-electron chi connectivity index (χ2n) is 4.27. The van der Waals surface area contributed by atoms with Crippen LogP contribution >= 0.6 is 0 Å². The summed E-state index contributed by atoms with van der Waals surface area (Å²) in [5, 5.41) is 5.25. The van der Waals surface area contributed by atoms with E-state index in [0.717, 1.165) is 0 Å². The number of hydrogen-bond donors (Lipinski definition) is 2. The highest BCUT2D eigenvalue weighted by molar-refractivity contribution is 6.04. The molecule has 0 radical (unpaired) electrons. The predicted molar refractivity (Wildman–Crippen MR) is 77.5 cm³/mol. The molecule has 21 heavy (non-hydrogen) atoms. The van der Waals surface area contributed by atoms with Crippen molar-refractivity contribution in [1.29, 1.82) is 0 Å². The highest BCUT2D eigenvalue weighted by Gasteiger charge is 2.12. The van der Waals surface area contributed by atoms with Crippen LogP contribution in [0.1, 0.15) is 23.7 Å². The number of amides is 2. The molecule has 0 saturated heterocycles. The number of carbonyl (C=O) groups excluding carboxylic acids is 2. The minimum atomic E-state index is -0.818. The Morgan fingerprint density at radius 2 is 1.71 bits per heavy atom. The lowest BCUT2D eigenvalue weighted by atomic mass is 10.2. The van der Waals surface area contributed by atoms with E-state index in [1.165, 1.54) is 18.3 Å². The first-order chi connectivity index (χ1) is 10.1. The van der Waals surface area contributed by atoms with E-state index in [4.69, 9.17) is 0 Å². The summed E-state index contributed by atoms with van der Waals surface area (Å²) in [6.45, 7) is 1.76. The Morgan fingerprint density at radius 1 is 1.10 bits per heavy atom. The molecule has 2 aromatic rings. The lowest BCUT2D eigenvalue weighted by Gasteiger charge is -2.07. The van der Waals surface area contributed by atoms with Crippen molar-refractivity contribution in [2.45, 2.75) is 13.3 Å². The van der Waals surface area contributed by atoms with Crippen LogP contribution in [0.25, 0.3) is 0 Å². The standard InChI is InChI=1S/C15H14FN3O2/c1-2-13(20)18-10-5-7-11(8-6-10)19-15(21)12-4-3-9-17-14(12)16/h3-9H,2H2,1H3,(H,18,20)(H,19,21). The fourth-order valence-corrected chi connectivity index (χ4v) is 1.64. The summed E-state index contributed by atoms with van der Waals surface area (Å²) >= 11 is 0. The molecule has 108 valence electrons. The van der Waals surface area contributed by atoms with Gasteiger partial charge in [-0.3, -0.25) is 9.59 Å². The molecular weight excluding hydrogens is 273 g/mol. The zero-order valence-corrected chi connectivity index (χ0v) is 11.4. The summed E-state index contributed by atoms with van der Waals surface area (Å²) in [6, 6.07) is 9.40. The summed E-state index contributed by atoms with van der Waals surface area (Å²) in [5.41, 5.74) is 1.01. The Bertz CT molecular complexity index is 656. The molecular formula is C15H14FN3O2. The van der Waals surface area contributed by atoms with Crippen LogP contribution in [0.4, 0.5) is 15.8 Å². The van der Waals surface area contributed by atoms with Gasteiger partial charge >= 0.3 is 0 Å². The first-order valence-electron chi connectivity index (χ1n) is 6.42. The van der Waals surface area contributed by atoms with Crippen molar-refractivity contribution in [3.8, 4) is 0 Å². The van der Waals surface area contributed by atoms with Crippen molar-refractivity contribution in [1.82, 2.24) is 4.98 Å². The predicted octanol–water partition coefficient (Wildman–Crippen LogP) is 2.82. The normalized spacial score (nSPS) is 10.0. The molecule has 1 heterocycles. The summed E-state index contributed by atoms with van der Waals surface area (Å²) in [4.78, 5) is 26.5. The topological polar surface area (TPSA) is 71.1 Å². The van der Waals surface area contributed by atoms with E-state index in [0.29, 0.717) is 17.8 Å². The summed E-state index contributed by atoms with van der Waals surface area (Å²) in [6.07, 6.45) is 1.66. The number of carbonyl (C=O) groups is 2. The van der Waals surface area contributed by atoms with E-state index < -0.39 is 11.9 Å². The third kappa shape index (κ3) is 3.85. The zero-order valence-electron chi connectivity index (χ0n) is 11.4. The third-order valence-electron chi connectivity index (χ3n) is 2.75. The van der Waals surface area contributed by atoms with E-state index in [-0.39, 0.29) is 11.5 Å². The molecule has 0 aliphatic carbocycles. The molecule has 0 saturated carbocycles. The number of anilines is 2. The van der Waals surface area contributed by atoms with Gasteiger partial charge in [0.2, 0.25) is 11.9 Å². The second kappa shape index (κ2) is 6.60. The molecule has 0 fully saturated rings. The van der Waals surface area contributed by atoms with Crippen molar-refractivity contribution in [2.24, 2.45) is 0 Å². The molecule has 2 rings (SSSR count). The van der Waals surface area contributed by atoms with Gasteiger partial charge in [0.05, 0.1) is 5.56 Å². The van der Waals surface area contributed by atoms with E-state index in [2.05, 4.69) is 15.6 Å². The van der Waals surface area contributed by atoms with E-state index in [1.54, 1.807) is 31.2 Å². The Labute approximate surface area is 121 Å². The van der Waals surface area contributed by atoms with Gasteiger partial charge in [-0.05, 0) is 36.4 Å². The Hall–Kier alpha value is -2.76. The number of pyridine rings is 1. The summed E-state index contributed by atoms with van der Waals surface area (Å²) in [7, 11) is 0. The quantitative estimate of drug-likeness (QED) is 0.849. The maximum Gasteiger partial charge on any atom is 0.260 e. The number of aromatic nitrogens is 1. The monoisotopic (exact) mass is 287 g/mol. The number of nitrogens with zero attached hydrogens (tertiary/aromatic N) is 1. The van der Waals surface area contributed by atoms with Crippen LogP contribution < -0.4 is 10.6 Å². The molecule has 0 spiro atoms. The van der Waals surface area contributed by atoms with Crippen molar-refractivity contribution < 1.29 is 14.0 Å². The van der Waals surface area contributed by atoms with Crippen LogP contribution in [-0.4, -0.2) is 16.8 Å². The Balaban J connectivity index is 2.05. The number of halogens is 1. The van der Waals surface area contributed by atoms with Gasteiger partial charge in [0.25, 0.3) is 5.91 Å². The second-order valence-corrected chi connectivity index (χ2v) is 4.27. The van der Waals surface area contributed by atoms with Gasteiger partial charge in [0, 0.05) is 24.0 Å². The van der Waals surface area contributed by atoms with Crippen LogP contribution in [0.15, 0.2) is 42.6 Å². The highest BCUT2D eigenvalue weighted by Crippen LogP contribution is 2.15. The molecule has 2 N–H and O–H groups in total. The summed E-state index contributed by atoms with van der Waals surface area (Å²) < 4.78 is 13.4. The molecule has 0 atom stereocenters. The van der Waals surface area contributed by atoms with Crippen molar-refractivity contribution in [3.63, 3.8) is 0 Å². The zero-order chi connectivity index (χ0) is 15.2. The van der Waals surface area contributed by atoms with Gasteiger partial charge in [0.15, 0.2) is 0 Å². The molecule has 2 amide bonds. The van der Waals surface area contributed by atoms with E-state index >= 15 is 0 Å². The van der Waals surface area contributed by atoms with Gasteiger partial charge < -0.3 is 10.6 Å². The molecule has 0 bridgehead atoms. The van der Waals surface area contributed by atoms with Crippen LogP contribution in [0.2, 0.25) is 0 Å². The first-order valence-corrected chi connectivity index (χ1v) is 6.42. The number of rotatable bonds is 4. The van der Waals surface area contributed by atoms with Crippen LogP contribution in [0.5, 0.6) is 0 Å². The Morgan fingerprint density at radius 3 is 2.29 bits per heavy atom. The highest BCUT2D eigenvalue weighted by atomic mass is 19.1. The van der Waals surface area contributed by atoms with E-state index in [9.17, 15) is 14.0 Å². The van der Waals surface area contributed by atoms with Gasteiger partial charge in [-0.2, -0.15) is 4.39 Å². The lowest BCUT2D eigenvalue weighted by Crippen LogP contribution is -2.14. The minimum Gasteiger partial charge on any atom is -0.326 e. The third-order valence-corrected chi connectivity index (χ3v) is 2.75. The maximum atomic E-state index is 13.4. The van der Waals surface area contributed by atoms with Crippen LogP contribution in [0.3, 0.4) is 0 Å². The van der Waals surface area contributed by atoms with Crippen molar-refractivity contribution in [2.75, 3.05) is 10.6 Å². The lowest BCUT2D eigenvalue weighted by molar-refractivity contribution is -0.115. The molecule has 0 unspecified atom stereocenters. The number of benzene rings is 1. The number of hydrogen-bond acceptors (Lipinski definition) is 3. The maximum absolute atomic E-state index is 13.4. The van der Waals surface area contributed by atoms with Crippen molar-refractivity contribution >= 4 is 23.2 Å². The minimum absolute atomic E-state index is 0.0933. The molecule has 1 aromatic carbocycles. The van der Waals surface area contributed by atoms with E-state index in [1.807, 2.05) is 0 Å². The van der Waals surface area contributed by atoms with Gasteiger partial charge in [-0.25, -0.2) is 4.98 Å². The average Bonchev–Trinajstić information content (AvgIpc) is 2.49. The fourth-order valence-electron chi connectivity index (χ4n) is 1.64. The molecule has 0 aliphatic heterocycles. The van der Waals surface area contributed by atoms with Gasteiger partial charge in [-0.1, -0.05) is 6.92 Å². The van der Waals surface area contributed by atoms with Crippen molar-refractivity contribution in [3.05, 3.63) is 54.1 Å². The van der Waals surface area contributed by atoms with Gasteiger partial charge in [-0.15, -0.1) is 0 Å². The Kier molecular flexibility index (Phi) is 4.61. The first kappa shape index (κ1) is 14.6. The smallest absolute Gasteiger partial charge is 0.260 e. The SMILES string of the molecule is CCC(=O)Nc1ccc(NC(=O)c2cccnc2F)cc1. The van der Waals surface area contributed by atoms with Crippen LogP contribution in [0, 0.1) is 5.95 Å². The van der Waals surface area contributed by atoms with Crippen LogP contribution in [-0.2, 0) is 4.79 Å². The molecule has 6 heteroatoms. The molecule has 1 aromatic heterocycles. The number of nitrogens with one attached hydrogen (secondary N) is 2. The largest absolute Gasteiger partial charge is 0.326 e. The fraction of sp³-hybridized carbons (Fsp3) is 0.133. The van der Waals surface area contributed by atoms with Gasteiger partial charge in [0.1, 0.15) is 0 Å².